The lowest BCUT2D eigenvalue weighted by Crippen LogP contribution is -1.98. The van der Waals surface area contributed by atoms with Crippen molar-refractivity contribution in [1.82, 2.24) is 15.2 Å². The number of para-hydroxylation sites is 1. The van der Waals surface area contributed by atoms with Gasteiger partial charge in [0.1, 0.15) is 23.1 Å². The molecule has 2 heterocycles. The first-order valence-corrected chi connectivity index (χ1v) is 8.17. The standard InChI is InChI=1S/C20H18N4O2/c1-25-14-7-8-15-13(11-14)12-19(22-18-9-10-21-24-18)23-20(15)16-5-3-4-6-17(16)26-2/h3-12H,1-2H3,(H2,21,22,23,24). The lowest BCUT2D eigenvalue weighted by atomic mass is 10.0. The molecule has 2 N–H and O–H groups in total. The number of methoxy groups -OCH3 is 2. The molecule has 0 spiro atoms. The van der Waals surface area contributed by atoms with Crippen LogP contribution < -0.4 is 14.8 Å². The third-order valence-electron chi connectivity index (χ3n) is 4.16. The van der Waals surface area contributed by atoms with Crippen LogP contribution >= 0.6 is 0 Å². The van der Waals surface area contributed by atoms with Gasteiger partial charge < -0.3 is 14.8 Å². The minimum atomic E-state index is 0.705. The van der Waals surface area contributed by atoms with E-state index < -0.39 is 0 Å². The van der Waals surface area contributed by atoms with Crippen molar-refractivity contribution in [2.75, 3.05) is 19.5 Å². The number of benzene rings is 2. The number of pyridine rings is 1. The maximum atomic E-state index is 5.54. The summed E-state index contributed by atoms with van der Waals surface area (Å²) in [5, 5.41) is 12.1. The summed E-state index contributed by atoms with van der Waals surface area (Å²) < 4.78 is 10.9. The smallest absolute Gasteiger partial charge is 0.132 e. The van der Waals surface area contributed by atoms with Gasteiger partial charge in [0.05, 0.1) is 26.1 Å². The number of aromatic amines is 1. The molecule has 0 aliphatic heterocycles. The van der Waals surface area contributed by atoms with Crippen molar-refractivity contribution in [1.29, 1.82) is 0 Å². The average molecular weight is 346 g/mol. The van der Waals surface area contributed by atoms with Gasteiger partial charge in [0, 0.05) is 17.0 Å². The predicted molar refractivity (Wildman–Crippen MR) is 102 cm³/mol. The average Bonchev–Trinajstić information content (AvgIpc) is 3.19. The quantitative estimate of drug-likeness (QED) is 0.561. The summed E-state index contributed by atoms with van der Waals surface area (Å²) in [5.74, 6) is 3.04. The highest BCUT2D eigenvalue weighted by Crippen LogP contribution is 2.36. The molecule has 4 aromatic rings. The highest BCUT2D eigenvalue weighted by atomic mass is 16.5. The van der Waals surface area contributed by atoms with E-state index in [1.54, 1.807) is 20.4 Å². The number of H-pyrrole nitrogens is 1. The van der Waals surface area contributed by atoms with Crippen molar-refractivity contribution in [3.8, 4) is 22.8 Å². The predicted octanol–water partition coefficient (Wildman–Crippen LogP) is 4.39. The summed E-state index contributed by atoms with van der Waals surface area (Å²) in [6.45, 7) is 0. The summed E-state index contributed by atoms with van der Waals surface area (Å²) in [6.07, 6.45) is 1.69. The van der Waals surface area contributed by atoms with Crippen LogP contribution in [0.5, 0.6) is 11.5 Å². The molecule has 4 rings (SSSR count). The molecule has 130 valence electrons. The van der Waals surface area contributed by atoms with Crippen LogP contribution in [-0.2, 0) is 0 Å². The molecule has 2 aromatic carbocycles. The van der Waals surface area contributed by atoms with Gasteiger partial charge >= 0.3 is 0 Å². The second-order valence-corrected chi connectivity index (χ2v) is 5.74. The summed E-state index contributed by atoms with van der Waals surface area (Å²) in [5.41, 5.74) is 1.77. The Morgan fingerprint density at radius 3 is 2.62 bits per heavy atom. The number of anilines is 2. The van der Waals surface area contributed by atoms with Gasteiger partial charge in [-0.2, -0.15) is 5.10 Å². The van der Waals surface area contributed by atoms with Crippen molar-refractivity contribution in [2.24, 2.45) is 0 Å². The molecule has 6 nitrogen and oxygen atoms in total. The van der Waals surface area contributed by atoms with Gasteiger partial charge in [0.2, 0.25) is 0 Å². The Hall–Kier alpha value is -3.54. The minimum absolute atomic E-state index is 0.705. The fraction of sp³-hybridized carbons (Fsp3) is 0.100. The second-order valence-electron chi connectivity index (χ2n) is 5.74. The fourth-order valence-corrected chi connectivity index (χ4v) is 2.94. The lowest BCUT2D eigenvalue weighted by Gasteiger charge is -2.13. The molecule has 26 heavy (non-hydrogen) atoms. The number of hydrogen-bond donors (Lipinski definition) is 2. The molecule has 2 aromatic heterocycles. The van der Waals surface area contributed by atoms with Gasteiger partial charge in [-0.3, -0.25) is 5.10 Å². The van der Waals surface area contributed by atoms with Crippen molar-refractivity contribution >= 4 is 22.4 Å². The van der Waals surface area contributed by atoms with Crippen LogP contribution in [0.25, 0.3) is 22.0 Å². The van der Waals surface area contributed by atoms with E-state index in [1.807, 2.05) is 54.6 Å². The first kappa shape index (κ1) is 16.0. The molecule has 0 aliphatic carbocycles. The topological polar surface area (TPSA) is 72.1 Å². The number of aromatic nitrogens is 3. The highest BCUT2D eigenvalue weighted by molar-refractivity contribution is 5.98. The molecule has 0 aliphatic rings. The van der Waals surface area contributed by atoms with Crippen molar-refractivity contribution in [2.45, 2.75) is 0 Å². The first-order chi connectivity index (χ1) is 12.8. The van der Waals surface area contributed by atoms with Crippen LogP contribution in [-0.4, -0.2) is 29.4 Å². The number of fused-ring (bicyclic) bond motifs is 1. The molecule has 0 unspecified atom stereocenters. The number of nitrogens with one attached hydrogen (secondary N) is 2. The first-order valence-electron chi connectivity index (χ1n) is 8.17. The van der Waals surface area contributed by atoms with Crippen LogP contribution in [0.4, 0.5) is 11.6 Å². The third-order valence-corrected chi connectivity index (χ3v) is 4.16. The minimum Gasteiger partial charge on any atom is -0.497 e. The van der Waals surface area contributed by atoms with E-state index in [4.69, 9.17) is 14.5 Å². The Morgan fingerprint density at radius 2 is 1.85 bits per heavy atom. The highest BCUT2D eigenvalue weighted by Gasteiger charge is 2.13. The Bertz CT molecular complexity index is 1050. The van der Waals surface area contributed by atoms with E-state index >= 15 is 0 Å². The number of hydrogen-bond acceptors (Lipinski definition) is 5. The van der Waals surface area contributed by atoms with E-state index in [1.165, 1.54) is 0 Å². The SMILES string of the molecule is COc1ccc2c(-c3ccccc3OC)nc(Nc3ccn[nH]3)cc2c1. The molecule has 0 radical (unpaired) electrons. The Labute approximate surface area is 150 Å². The summed E-state index contributed by atoms with van der Waals surface area (Å²) in [7, 11) is 3.32. The second kappa shape index (κ2) is 6.76. The van der Waals surface area contributed by atoms with E-state index in [-0.39, 0.29) is 0 Å². The van der Waals surface area contributed by atoms with Gasteiger partial charge in [-0.05, 0) is 41.8 Å². The largest absolute Gasteiger partial charge is 0.497 e. The molecular formula is C20H18N4O2. The van der Waals surface area contributed by atoms with E-state index in [0.717, 1.165) is 39.3 Å². The van der Waals surface area contributed by atoms with Gasteiger partial charge in [0.15, 0.2) is 0 Å². The van der Waals surface area contributed by atoms with Crippen LogP contribution in [0.1, 0.15) is 0 Å². The maximum Gasteiger partial charge on any atom is 0.132 e. The molecule has 0 fully saturated rings. The Balaban J connectivity index is 1.94. The van der Waals surface area contributed by atoms with Gasteiger partial charge in [-0.15, -0.1) is 0 Å². The summed E-state index contributed by atoms with van der Waals surface area (Å²) >= 11 is 0. The maximum absolute atomic E-state index is 5.54. The van der Waals surface area contributed by atoms with Gasteiger partial charge in [0.25, 0.3) is 0 Å². The van der Waals surface area contributed by atoms with E-state index in [2.05, 4.69) is 15.5 Å². The van der Waals surface area contributed by atoms with Crippen molar-refractivity contribution < 1.29 is 9.47 Å². The summed E-state index contributed by atoms with van der Waals surface area (Å²) in [4.78, 5) is 4.83. The zero-order valence-electron chi connectivity index (χ0n) is 14.5. The molecule has 0 atom stereocenters. The number of nitrogens with zero attached hydrogens (tertiary/aromatic N) is 2. The van der Waals surface area contributed by atoms with Crippen molar-refractivity contribution in [3.05, 3.63) is 60.8 Å². The van der Waals surface area contributed by atoms with Crippen LogP contribution in [0.2, 0.25) is 0 Å². The molecule has 6 heteroatoms. The van der Waals surface area contributed by atoms with Gasteiger partial charge in [-0.1, -0.05) is 12.1 Å². The lowest BCUT2D eigenvalue weighted by molar-refractivity contribution is 0.415. The monoisotopic (exact) mass is 346 g/mol. The summed E-state index contributed by atoms with van der Waals surface area (Å²) in [6, 6.07) is 17.6. The molecule has 0 amide bonds. The van der Waals surface area contributed by atoms with Crippen LogP contribution in [0.3, 0.4) is 0 Å². The van der Waals surface area contributed by atoms with Crippen LogP contribution in [0, 0.1) is 0 Å². The molecular weight excluding hydrogens is 328 g/mol. The number of rotatable bonds is 5. The van der Waals surface area contributed by atoms with E-state index in [0.29, 0.717) is 5.82 Å². The third kappa shape index (κ3) is 2.93. The Morgan fingerprint density at radius 1 is 0.962 bits per heavy atom. The Kier molecular flexibility index (Phi) is 4.15. The fourth-order valence-electron chi connectivity index (χ4n) is 2.94. The molecule has 0 saturated carbocycles. The normalized spacial score (nSPS) is 10.7. The van der Waals surface area contributed by atoms with Crippen LogP contribution in [0.15, 0.2) is 60.8 Å². The van der Waals surface area contributed by atoms with Gasteiger partial charge in [-0.25, -0.2) is 4.98 Å². The molecule has 0 saturated heterocycles. The zero-order chi connectivity index (χ0) is 17.9. The molecule has 0 bridgehead atoms. The van der Waals surface area contributed by atoms with Crippen molar-refractivity contribution in [3.63, 3.8) is 0 Å². The van der Waals surface area contributed by atoms with E-state index in [9.17, 15) is 0 Å². The number of ether oxygens (including phenoxy) is 2. The zero-order valence-corrected chi connectivity index (χ0v) is 14.5.